The van der Waals surface area contributed by atoms with Crippen LogP contribution in [0.5, 0.6) is 5.75 Å². The molecule has 2 aromatic rings. The number of hydrogen-bond donors (Lipinski definition) is 2. The van der Waals surface area contributed by atoms with E-state index in [9.17, 15) is 13.2 Å². The fourth-order valence-electron chi connectivity index (χ4n) is 2.31. The number of ether oxygens (including phenoxy) is 1. The molecule has 1 heterocycles. The van der Waals surface area contributed by atoms with E-state index in [-0.39, 0.29) is 17.5 Å². The van der Waals surface area contributed by atoms with Crippen molar-refractivity contribution in [3.63, 3.8) is 0 Å². The summed E-state index contributed by atoms with van der Waals surface area (Å²) in [4.78, 5) is 12.8. The molecule has 0 aliphatic heterocycles. The summed E-state index contributed by atoms with van der Waals surface area (Å²) in [6.07, 6.45) is 0. The van der Waals surface area contributed by atoms with Crippen LogP contribution in [-0.2, 0) is 9.84 Å². The Balaban J connectivity index is 2.20. The van der Waals surface area contributed by atoms with Gasteiger partial charge in [0.2, 0.25) is 0 Å². The SMILES string of the molecule is COc1ccc(S(=O)(=O)C(CNC(=O)NCC(C)C)c2cccs2)cc1. The minimum Gasteiger partial charge on any atom is -0.497 e. The van der Waals surface area contributed by atoms with E-state index in [4.69, 9.17) is 4.74 Å². The lowest BCUT2D eigenvalue weighted by atomic mass is 10.2. The van der Waals surface area contributed by atoms with E-state index in [1.807, 2.05) is 19.2 Å². The van der Waals surface area contributed by atoms with Crippen molar-refractivity contribution in [3.8, 4) is 5.75 Å². The molecule has 1 aromatic heterocycles. The highest BCUT2D eigenvalue weighted by Crippen LogP contribution is 2.32. The second-order valence-corrected chi connectivity index (χ2v) is 9.32. The normalized spacial score (nSPS) is 12.6. The highest BCUT2D eigenvalue weighted by molar-refractivity contribution is 7.91. The van der Waals surface area contributed by atoms with Gasteiger partial charge in [0, 0.05) is 18.0 Å². The first-order valence-corrected chi connectivity index (χ1v) is 10.7. The van der Waals surface area contributed by atoms with Gasteiger partial charge in [-0.3, -0.25) is 0 Å². The standard InChI is InChI=1S/C18H24N2O4S2/c1-13(2)11-19-18(21)20-12-17(16-5-4-10-25-16)26(22,23)15-8-6-14(24-3)7-9-15/h4-10,13,17H,11-12H2,1-3H3,(H2,19,20,21). The lowest BCUT2D eigenvalue weighted by Crippen LogP contribution is -2.40. The minimum absolute atomic E-state index is 0.00119. The van der Waals surface area contributed by atoms with Crippen LogP contribution in [0.1, 0.15) is 24.0 Å². The van der Waals surface area contributed by atoms with E-state index in [1.54, 1.807) is 24.3 Å². The van der Waals surface area contributed by atoms with Gasteiger partial charge in [0.25, 0.3) is 0 Å². The molecular weight excluding hydrogens is 372 g/mol. The lowest BCUT2D eigenvalue weighted by Gasteiger charge is -2.18. The maximum atomic E-state index is 13.1. The van der Waals surface area contributed by atoms with Crippen molar-refractivity contribution in [1.82, 2.24) is 10.6 Å². The van der Waals surface area contributed by atoms with Crippen molar-refractivity contribution in [3.05, 3.63) is 46.7 Å². The Morgan fingerprint density at radius 1 is 1.12 bits per heavy atom. The lowest BCUT2D eigenvalue weighted by molar-refractivity contribution is 0.239. The van der Waals surface area contributed by atoms with Crippen molar-refractivity contribution >= 4 is 27.2 Å². The van der Waals surface area contributed by atoms with Gasteiger partial charge in [-0.05, 0) is 41.6 Å². The largest absolute Gasteiger partial charge is 0.497 e. The monoisotopic (exact) mass is 396 g/mol. The Morgan fingerprint density at radius 2 is 1.77 bits per heavy atom. The van der Waals surface area contributed by atoms with Crippen LogP contribution in [0.2, 0.25) is 0 Å². The topological polar surface area (TPSA) is 84.5 Å². The number of thiophene rings is 1. The summed E-state index contributed by atoms with van der Waals surface area (Å²) in [6.45, 7) is 4.51. The van der Waals surface area contributed by atoms with Gasteiger partial charge in [-0.25, -0.2) is 13.2 Å². The van der Waals surface area contributed by atoms with E-state index < -0.39 is 15.1 Å². The molecule has 142 valence electrons. The zero-order valence-electron chi connectivity index (χ0n) is 15.1. The summed E-state index contributed by atoms with van der Waals surface area (Å²) in [5.74, 6) is 0.902. The number of carbonyl (C=O) groups excluding carboxylic acids is 1. The third-order valence-corrected chi connectivity index (χ3v) is 6.98. The molecule has 26 heavy (non-hydrogen) atoms. The number of amides is 2. The molecule has 0 spiro atoms. The second-order valence-electron chi connectivity index (χ2n) is 6.21. The van der Waals surface area contributed by atoms with E-state index in [0.717, 1.165) is 0 Å². The molecule has 0 aliphatic carbocycles. The number of sulfone groups is 1. The van der Waals surface area contributed by atoms with Crippen LogP contribution in [0.25, 0.3) is 0 Å². The zero-order chi connectivity index (χ0) is 19.2. The van der Waals surface area contributed by atoms with Crippen LogP contribution >= 0.6 is 11.3 Å². The summed E-state index contributed by atoms with van der Waals surface area (Å²) >= 11 is 1.35. The smallest absolute Gasteiger partial charge is 0.314 e. The maximum absolute atomic E-state index is 13.1. The highest BCUT2D eigenvalue weighted by Gasteiger charge is 2.30. The molecule has 0 saturated heterocycles. The summed E-state index contributed by atoms with van der Waals surface area (Å²) in [5.41, 5.74) is 0. The molecule has 1 aromatic carbocycles. The van der Waals surface area contributed by atoms with E-state index in [0.29, 0.717) is 23.1 Å². The van der Waals surface area contributed by atoms with E-state index >= 15 is 0 Å². The van der Waals surface area contributed by atoms with Crippen molar-refractivity contribution < 1.29 is 17.9 Å². The number of benzene rings is 1. The van der Waals surface area contributed by atoms with Gasteiger partial charge in [0.15, 0.2) is 9.84 Å². The molecule has 0 fully saturated rings. The van der Waals surface area contributed by atoms with Gasteiger partial charge in [-0.1, -0.05) is 19.9 Å². The summed E-state index contributed by atoms with van der Waals surface area (Å²) in [7, 11) is -2.14. The second kappa shape index (κ2) is 9.05. The van der Waals surface area contributed by atoms with E-state index in [2.05, 4.69) is 10.6 Å². The number of hydrogen-bond acceptors (Lipinski definition) is 5. The average molecular weight is 397 g/mol. The predicted molar refractivity (Wildman–Crippen MR) is 103 cm³/mol. The maximum Gasteiger partial charge on any atom is 0.314 e. The number of nitrogens with one attached hydrogen (secondary N) is 2. The Morgan fingerprint density at radius 3 is 2.31 bits per heavy atom. The number of carbonyl (C=O) groups is 1. The quantitative estimate of drug-likeness (QED) is 0.717. The number of rotatable bonds is 8. The molecule has 2 amide bonds. The van der Waals surface area contributed by atoms with Gasteiger partial charge < -0.3 is 15.4 Å². The fourth-order valence-corrected chi connectivity index (χ4v) is 5.10. The third kappa shape index (κ3) is 5.22. The molecule has 1 unspecified atom stereocenters. The van der Waals surface area contributed by atoms with Gasteiger partial charge in [0.1, 0.15) is 11.0 Å². The zero-order valence-corrected chi connectivity index (χ0v) is 16.7. The Labute approximate surface area is 158 Å². The molecule has 0 aliphatic rings. The Bertz CT molecular complexity index is 800. The van der Waals surface area contributed by atoms with Gasteiger partial charge >= 0.3 is 6.03 Å². The molecule has 6 nitrogen and oxygen atoms in total. The van der Waals surface area contributed by atoms with Gasteiger partial charge in [0.05, 0.1) is 12.0 Å². The molecule has 0 radical (unpaired) electrons. The first kappa shape index (κ1) is 20.3. The van der Waals surface area contributed by atoms with Crippen molar-refractivity contribution in [2.45, 2.75) is 24.0 Å². The fraction of sp³-hybridized carbons (Fsp3) is 0.389. The van der Waals surface area contributed by atoms with Crippen LogP contribution in [0.15, 0.2) is 46.7 Å². The van der Waals surface area contributed by atoms with Crippen molar-refractivity contribution in [1.29, 1.82) is 0 Å². The first-order valence-electron chi connectivity index (χ1n) is 8.27. The molecule has 1 atom stereocenters. The van der Waals surface area contributed by atoms with Crippen LogP contribution < -0.4 is 15.4 Å². The average Bonchev–Trinajstić information content (AvgIpc) is 3.14. The molecule has 8 heteroatoms. The number of urea groups is 1. The molecule has 0 saturated carbocycles. The number of methoxy groups -OCH3 is 1. The molecular formula is C18H24N2O4S2. The van der Waals surface area contributed by atoms with Gasteiger partial charge in [-0.15, -0.1) is 11.3 Å². The van der Waals surface area contributed by atoms with E-state index in [1.165, 1.54) is 30.6 Å². The van der Waals surface area contributed by atoms with Gasteiger partial charge in [-0.2, -0.15) is 0 Å². The van der Waals surface area contributed by atoms with Crippen LogP contribution in [0, 0.1) is 5.92 Å². The van der Waals surface area contributed by atoms with Crippen molar-refractivity contribution in [2.75, 3.05) is 20.2 Å². The summed E-state index contributed by atoms with van der Waals surface area (Å²) in [6, 6.07) is 9.47. The first-order chi connectivity index (χ1) is 12.3. The molecule has 2 N–H and O–H groups in total. The Hall–Kier alpha value is -2.06. The molecule has 2 rings (SSSR count). The molecule has 0 bridgehead atoms. The van der Waals surface area contributed by atoms with Crippen molar-refractivity contribution in [2.24, 2.45) is 5.92 Å². The summed E-state index contributed by atoms with van der Waals surface area (Å²) in [5, 5.41) is 6.39. The Kier molecular flexibility index (Phi) is 7.05. The van der Waals surface area contributed by atoms with Crippen LogP contribution in [0.4, 0.5) is 4.79 Å². The minimum atomic E-state index is -3.66. The third-order valence-electron chi connectivity index (χ3n) is 3.74. The highest BCUT2D eigenvalue weighted by atomic mass is 32.2. The van der Waals surface area contributed by atoms with Crippen LogP contribution in [0.3, 0.4) is 0 Å². The van der Waals surface area contributed by atoms with Crippen LogP contribution in [-0.4, -0.2) is 34.6 Å². The summed E-state index contributed by atoms with van der Waals surface area (Å²) < 4.78 is 31.3. The predicted octanol–water partition coefficient (Wildman–Crippen LogP) is 3.23.